The third kappa shape index (κ3) is 4.31. The zero-order chi connectivity index (χ0) is 22.7. The number of methoxy groups -OCH3 is 1. The summed E-state index contributed by atoms with van der Waals surface area (Å²) in [4.78, 5) is 27.2. The van der Waals surface area contributed by atoms with Crippen molar-refractivity contribution in [3.8, 4) is 23.8 Å². The molecule has 0 bridgehead atoms. The van der Waals surface area contributed by atoms with Crippen molar-refractivity contribution >= 4 is 51.4 Å². The lowest BCUT2D eigenvalue weighted by molar-refractivity contribution is -0.123. The van der Waals surface area contributed by atoms with E-state index in [1.807, 2.05) is 42.5 Å². The van der Waals surface area contributed by atoms with Crippen LogP contribution >= 0.6 is 23.4 Å². The largest absolute Gasteiger partial charge is 0.493 e. The lowest BCUT2D eigenvalue weighted by Gasteiger charge is -2.14. The van der Waals surface area contributed by atoms with E-state index in [9.17, 15) is 9.59 Å². The average molecular weight is 464 g/mol. The molecule has 7 heteroatoms. The van der Waals surface area contributed by atoms with Gasteiger partial charge in [-0.25, -0.2) is 0 Å². The van der Waals surface area contributed by atoms with E-state index < -0.39 is 0 Å². The fraction of sp³-hybridized carbons (Fsp3) is 0.120. The molecule has 0 atom stereocenters. The van der Waals surface area contributed by atoms with Crippen molar-refractivity contribution in [1.29, 1.82) is 0 Å². The summed E-state index contributed by atoms with van der Waals surface area (Å²) in [6.07, 6.45) is 6.86. The van der Waals surface area contributed by atoms with Gasteiger partial charge in [-0.3, -0.25) is 14.5 Å². The third-order valence-electron chi connectivity index (χ3n) is 4.93. The monoisotopic (exact) mass is 463 g/mol. The predicted octanol–water partition coefficient (Wildman–Crippen LogP) is 5.75. The number of terminal acetylenes is 1. The smallest absolute Gasteiger partial charge is 0.293 e. The molecule has 1 aliphatic heterocycles. The molecule has 0 unspecified atom stereocenters. The topological polar surface area (TPSA) is 55.8 Å². The van der Waals surface area contributed by atoms with Gasteiger partial charge >= 0.3 is 0 Å². The number of amides is 2. The zero-order valence-electron chi connectivity index (χ0n) is 17.1. The summed E-state index contributed by atoms with van der Waals surface area (Å²) in [5.74, 6) is 2.73. The number of rotatable bonds is 6. The average Bonchev–Trinajstić information content (AvgIpc) is 3.05. The Morgan fingerprint density at radius 2 is 1.94 bits per heavy atom. The molecule has 1 saturated heterocycles. The van der Waals surface area contributed by atoms with Gasteiger partial charge in [-0.15, -0.1) is 6.42 Å². The zero-order valence-corrected chi connectivity index (χ0v) is 18.7. The maximum atomic E-state index is 13.0. The summed E-state index contributed by atoms with van der Waals surface area (Å²) >= 11 is 7.21. The van der Waals surface area contributed by atoms with Crippen molar-refractivity contribution in [3.63, 3.8) is 0 Å². The van der Waals surface area contributed by atoms with E-state index in [1.165, 1.54) is 12.0 Å². The van der Waals surface area contributed by atoms with Crippen LogP contribution in [0.2, 0.25) is 5.02 Å². The Balaban J connectivity index is 1.61. The quantitative estimate of drug-likeness (QED) is 0.344. The van der Waals surface area contributed by atoms with Crippen molar-refractivity contribution in [3.05, 3.63) is 75.7 Å². The molecule has 1 heterocycles. The SMILES string of the molecule is C#CCOc1c(Cl)cc(/C=C2/SC(=O)N(Cc3cccc4ccccc34)C2=O)cc1OC. The molecule has 2 amide bonds. The van der Waals surface area contributed by atoms with Gasteiger partial charge in [0.15, 0.2) is 11.5 Å². The van der Waals surface area contributed by atoms with E-state index in [0.29, 0.717) is 27.0 Å². The first kappa shape index (κ1) is 21.8. The first-order chi connectivity index (χ1) is 15.5. The van der Waals surface area contributed by atoms with Crippen molar-refractivity contribution in [2.45, 2.75) is 6.54 Å². The van der Waals surface area contributed by atoms with Crippen LogP contribution in [-0.2, 0) is 11.3 Å². The van der Waals surface area contributed by atoms with E-state index in [0.717, 1.165) is 28.1 Å². The number of hydrogen-bond acceptors (Lipinski definition) is 5. The summed E-state index contributed by atoms with van der Waals surface area (Å²) in [7, 11) is 1.48. The summed E-state index contributed by atoms with van der Waals surface area (Å²) in [5.41, 5.74) is 1.52. The van der Waals surface area contributed by atoms with E-state index in [-0.39, 0.29) is 24.3 Å². The Hall–Kier alpha value is -3.40. The minimum Gasteiger partial charge on any atom is -0.493 e. The molecule has 0 N–H and O–H groups in total. The number of hydrogen-bond donors (Lipinski definition) is 0. The highest BCUT2D eigenvalue weighted by atomic mass is 35.5. The Bertz CT molecular complexity index is 1290. The number of benzene rings is 3. The summed E-state index contributed by atoms with van der Waals surface area (Å²) in [6.45, 7) is 0.245. The van der Waals surface area contributed by atoms with Gasteiger partial charge in [-0.2, -0.15) is 0 Å². The van der Waals surface area contributed by atoms with E-state index >= 15 is 0 Å². The predicted molar refractivity (Wildman–Crippen MR) is 128 cm³/mol. The van der Waals surface area contributed by atoms with Crippen LogP contribution in [0.5, 0.6) is 11.5 Å². The molecule has 0 saturated carbocycles. The minimum absolute atomic E-state index is 0.0441. The summed E-state index contributed by atoms with van der Waals surface area (Å²) < 4.78 is 10.8. The van der Waals surface area contributed by atoms with Crippen molar-refractivity contribution in [2.24, 2.45) is 0 Å². The molecular formula is C25H18ClNO4S. The van der Waals surface area contributed by atoms with Gasteiger partial charge in [0, 0.05) is 0 Å². The number of halogens is 1. The lowest BCUT2D eigenvalue weighted by Crippen LogP contribution is -2.27. The molecule has 0 spiro atoms. The van der Waals surface area contributed by atoms with Gasteiger partial charge < -0.3 is 9.47 Å². The summed E-state index contributed by atoms with van der Waals surface area (Å²) in [6, 6.07) is 17.0. The van der Waals surface area contributed by atoms with Crippen LogP contribution < -0.4 is 9.47 Å². The molecule has 3 aromatic rings. The van der Waals surface area contributed by atoms with E-state index in [4.69, 9.17) is 27.5 Å². The molecule has 3 aromatic carbocycles. The number of imide groups is 1. The van der Waals surface area contributed by atoms with Gasteiger partial charge in [-0.1, -0.05) is 60.0 Å². The van der Waals surface area contributed by atoms with Crippen LogP contribution in [0.3, 0.4) is 0 Å². The van der Waals surface area contributed by atoms with Gasteiger partial charge in [0.25, 0.3) is 11.1 Å². The van der Waals surface area contributed by atoms with Crippen molar-refractivity contribution in [1.82, 2.24) is 4.90 Å². The highest BCUT2D eigenvalue weighted by Crippen LogP contribution is 2.39. The number of carbonyl (C=O) groups is 2. The number of ether oxygens (including phenoxy) is 2. The van der Waals surface area contributed by atoms with Crippen molar-refractivity contribution < 1.29 is 19.1 Å². The molecule has 1 fully saturated rings. The van der Waals surface area contributed by atoms with Crippen LogP contribution in [0.15, 0.2) is 59.5 Å². The van der Waals surface area contributed by atoms with Crippen LogP contribution in [-0.4, -0.2) is 29.8 Å². The van der Waals surface area contributed by atoms with E-state index in [2.05, 4.69) is 5.92 Å². The number of nitrogens with zero attached hydrogens (tertiary/aromatic N) is 1. The molecule has 5 nitrogen and oxygen atoms in total. The Kier molecular flexibility index (Phi) is 6.40. The van der Waals surface area contributed by atoms with Gasteiger partial charge in [0.05, 0.1) is 23.6 Å². The minimum atomic E-state index is -0.351. The Morgan fingerprint density at radius 3 is 2.72 bits per heavy atom. The standard InChI is InChI=1S/C25H18ClNO4S/c1-3-11-31-23-20(26)12-16(13-21(23)30-2)14-22-24(28)27(25(29)32-22)15-18-9-6-8-17-7-4-5-10-19(17)18/h1,4-10,12-14H,11,15H2,2H3/b22-14+. The molecule has 32 heavy (non-hydrogen) atoms. The van der Waals surface area contributed by atoms with Crippen LogP contribution in [0.1, 0.15) is 11.1 Å². The summed E-state index contributed by atoms with van der Waals surface area (Å²) in [5, 5.41) is 2.04. The Morgan fingerprint density at radius 1 is 1.16 bits per heavy atom. The third-order valence-corrected chi connectivity index (χ3v) is 6.12. The highest BCUT2D eigenvalue weighted by Gasteiger charge is 2.35. The Labute approximate surface area is 194 Å². The molecule has 0 radical (unpaired) electrons. The second-order valence-electron chi connectivity index (χ2n) is 6.93. The normalized spacial score (nSPS) is 14.8. The molecule has 160 valence electrons. The number of carbonyl (C=O) groups excluding carboxylic acids is 2. The number of fused-ring (bicyclic) bond motifs is 1. The molecule has 0 aliphatic carbocycles. The van der Waals surface area contributed by atoms with Gasteiger partial charge in [0.2, 0.25) is 0 Å². The molecule has 4 rings (SSSR count). The molecule has 0 aromatic heterocycles. The van der Waals surface area contributed by atoms with Crippen molar-refractivity contribution in [2.75, 3.05) is 13.7 Å². The first-order valence-electron chi connectivity index (χ1n) is 9.67. The van der Waals surface area contributed by atoms with Gasteiger partial charge in [-0.05, 0) is 51.9 Å². The van der Waals surface area contributed by atoms with Crippen LogP contribution in [0, 0.1) is 12.3 Å². The maximum absolute atomic E-state index is 13.0. The van der Waals surface area contributed by atoms with Gasteiger partial charge in [0.1, 0.15) is 6.61 Å². The number of thioether (sulfide) groups is 1. The molecular weight excluding hydrogens is 446 g/mol. The fourth-order valence-corrected chi connectivity index (χ4v) is 4.58. The second kappa shape index (κ2) is 9.39. The lowest BCUT2D eigenvalue weighted by atomic mass is 10.0. The highest BCUT2D eigenvalue weighted by molar-refractivity contribution is 8.18. The van der Waals surface area contributed by atoms with Crippen LogP contribution in [0.25, 0.3) is 16.8 Å². The van der Waals surface area contributed by atoms with Crippen LogP contribution in [0.4, 0.5) is 4.79 Å². The van der Waals surface area contributed by atoms with E-state index in [1.54, 1.807) is 18.2 Å². The second-order valence-corrected chi connectivity index (χ2v) is 8.33. The first-order valence-corrected chi connectivity index (χ1v) is 10.9. The molecule has 1 aliphatic rings. The fourth-order valence-electron chi connectivity index (χ4n) is 3.47. The maximum Gasteiger partial charge on any atom is 0.293 e.